The molecule has 3 heterocycles. The van der Waals surface area contributed by atoms with Crippen LogP contribution in [0.3, 0.4) is 0 Å². The van der Waals surface area contributed by atoms with Crippen molar-refractivity contribution in [3.05, 3.63) is 29.0 Å². The van der Waals surface area contributed by atoms with E-state index in [9.17, 15) is 5.11 Å². The molecule has 0 aliphatic carbocycles. The van der Waals surface area contributed by atoms with E-state index in [1.54, 1.807) is 11.3 Å². The third-order valence-electron chi connectivity index (χ3n) is 3.82. The Morgan fingerprint density at radius 3 is 3.10 bits per heavy atom. The van der Waals surface area contributed by atoms with Crippen LogP contribution < -0.4 is 0 Å². The molecule has 1 aliphatic heterocycles. The van der Waals surface area contributed by atoms with Crippen molar-refractivity contribution in [2.75, 3.05) is 19.8 Å². The van der Waals surface area contributed by atoms with Gasteiger partial charge in [0, 0.05) is 19.1 Å². The molecule has 21 heavy (non-hydrogen) atoms. The second-order valence-corrected chi connectivity index (χ2v) is 6.36. The molecule has 1 N–H and O–H groups in total. The number of morpholine rings is 1. The van der Waals surface area contributed by atoms with E-state index in [0.717, 1.165) is 29.4 Å². The molecule has 5 nitrogen and oxygen atoms in total. The van der Waals surface area contributed by atoms with Crippen LogP contribution in [0.4, 0.5) is 0 Å². The number of hydrogen-bond acceptors (Lipinski definition) is 6. The van der Waals surface area contributed by atoms with Crippen LogP contribution in [0, 0.1) is 6.92 Å². The van der Waals surface area contributed by atoms with Gasteiger partial charge in [0.25, 0.3) is 0 Å². The number of aliphatic hydroxyl groups excluding tert-OH is 1. The summed E-state index contributed by atoms with van der Waals surface area (Å²) in [6, 6.07) is 4.32. The molecule has 0 amide bonds. The zero-order valence-corrected chi connectivity index (χ0v) is 13.1. The number of rotatable bonds is 4. The van der Waals surface area contributed by atoms with Gasteiger partial charge in [-0.15, -0.1) is 11.3 Å². The zero-order valence-electron chi connectivity index (χ0n) is 12.3. The van der Waals surface area contributed by atoms with E-state index in [2.05, 4.69) is 16.8 Å². The van der Waals surface area contributed by atoms with Gasteiger partial charge in [0.1, 0.15) is 5.76 Å². The summed E-state index contributed by atoms with van der Waals surface area (Å²) < 4.78 is 11.3. The van der Waals surface area contributed by atoms with E-state index in [4.69, 9.17) is 9.15 Å². The molecule has 2 aromatic rings. The summed E-state index contributed by atoms with van der Waals surface area (Å²) in [5.41, 5.74) is 0.962. The highest BCUT2D eigenvalue weighted by Crippen LogP contribution is 2.27. The monoisotopic (exact) mass is 308 g/mol. The van der Waals surface area contributed by atoms with Crippen molar-refractivity contribution in [1.82, 2.24) is 9.88 Å². The Hall–Kier alpha value is -1.21. The second kappa shape index (κ2) is 6.27. The fourth-order valence-corrected chi connectivity index (χ4v) is 3.13. The lowest BCUT2D eigenvalue weighted by atomic mass is 10.2. The third-order valence-corrected chi connectivity index (χ3v) is 4.67. The van der Waals surface area contributed by atoms with Crippen molar-refractivity contribution in [3.63, 3.8) is 0 Å². The fourth-order valence-electron chi connectivity index (χ4n) is 2.48. The molecule has 0 spiro atoms. The summed E-state index contributed by atoms with van der Waals surface area (Å²) in [5.74, 6) is 1.55. The topological polar surface area (TPSA) is 58.7 Å². The molecular formula is C15H20N2O3S. The Kier molecular flexibility index (Phi) is 4.40. The van der Waals surface area contributed by atoms with Crippen molar-refractivity contribution in [2.45, 2.75) is 32.5 Å². The van der Waals surface area contributed by atoms with E-state index in [1.807, 2.05) is 24.4 Å². The summed E-state index contributed by atoms with van der Waals surface area (Å²) in [4.78, 5) is 7.96. The van der Waals surface area contributed by atoms with Crippen LogP contribution in [0.5, 0.6) is 0 Å². The highest BCUT2D eigenvalue weighted by Gasteiger charge is 2.27. The summed E-state index contributed by atoms with van der Waals surface area (Å²) in [6.07, 6.45) is -0.106. The van der Waals surface area contributed by atoms with Gasteiger partial charge in [-0.2, -0.15) is 0 Å². The maximum Gasteiger partial charge on any atom is 0.236 e. The van der Waals surface area contributed by atoms with Gasteiger partial charge >= 0.3 is 0 Å². The molecule has 1 aliphatic rings. The Balaban J connectivity index is 1.75. The van der Waals surface area contributed by atoms with Gasteiger partial charge in [0.15, 0.2) is 0 Å². The summed E-state index contributed by atoms with van der Waals surface area (Å²) in [6.45, 7) is 6.22. The molecule has 6 heteroatoms. The van der Waals surface area contributed by atoms with E-state index < -0.39 is 0 Å². The van der Waals surface area contributed by atoms with Crippen molar-refractivity contribution < 1.29 is 14.3 Å². The average Bonchev–Trinajstić information content (AvgIpc) is 3.11. The molecule has 1 saturated heterocycles. The van der Waals surface area contributed by atoms with Gasteiger partial charge in [-0.05, 0) is 25.3 Å². The molecule has 3 rings (SSSR count). The Bertz CT molecular complexity index is 582. The molecule has 1 fully saturated rings. The van der Waals surface area contributed by atoms with Crippen LogP contribution >= 0.6 is 11.3 Å². The minimum Gasteiger partial charge on any atom is -0.440 e. The number of ether oxygens (including phenoxy) is 1. The van der Waals surface area contributed by atoms with Crippen LogP contribution in [-0.2, 0) is 11.3 Å². The summed E-state index contributed by atoms with van der Waals surface area (Å²) in [5, 5.41) is 11.3. The minimum absolute atomic E-state index is 0.0570. The summed E-state index contributed by atoms with van der Waals surface area (Å²) in [7, 11) is 0. The van der Waals surface area contributed by atoms with E-state index in [0.29, 0.717) is 18.5 Å². The number of aryl methyl sites for hydroxylation is 1. The van der Waals surface area contributed by atoms with Gasteiger partial charge in [-0.3, -0.25) is 4.90 Å². The van der Waals surface area contributed by atoms with Crippen LogP contribution in [0.2, 0.25) is 0 Å². The lowest BCUT2D eigenvalue weighted by Gasteiger charge is -2.36. The SMILES string of the molecule is Cc1oc(-c2cccs2)nc1CN1CC(CO)OCC1C. The predicted molar refractivity (Wildman–Crippen MR) is 81.3 cm³/mol. The molecule has 0 aromatic carbocycles. The van der Waals surface area contributed by atoms with Crippen molar-refractivity contribution in [1.29, 1.82) is 0 Å². The highest BCUT2D eigenvalue weighted by molar-refractivity contribution is 7.13. The fraction of sp³-hybridized carbons (Fsp3) is 0.533. The van der Waals surface area contributed by atoms with Gasteiger partial charge in [0.05, 0.1) is 29.9 Å². The number of aromatic nitrogens is 1. The van der Waals surface area contributed by atoms with Crippen LogP contribution in [0.15, 0.2) is 21.9 Å². The average molecular weight is 308 g/mol. The number of aliphatic hydroxyl groups is 1. The Labute approximate surface area is 128 Å². The van der Waals surface area contributed by atoms with Crippen LogP contribution in [0.25, 0.3) is 10.8 Å². The second-order valence-electron chi connectivity index (χ2n) is 5.42. The number of oxazole rings is 1. The van der Waals surface area contributed by atoms with Crippen molar-refractivity contribution >= 4 is 11.3 Å². The van der Waals surface area contributed by atoms with Gasteiger partial charge in [0.2, 0.25) is 5.89 Å². The minimum atomic E-state index is -0.106. The first-order chi connectivity index (χ1) is 10.2. The largest absolute Gasteiger partial charge is 0.440 e. The normalized spacial score (nSPS) is 23.6. The van der Waals surface area contributed by atoms with Gasteiger partial charge < -0.3 is 14.3 Å². The first-order valence-electron chi connectivity index (χ1n) is 7.14. The zero-order chi connectivity index (χ0) is 14.8. The molecule has 0 radical (unpaired) electrons. The Morgan fingerprint density at radius 1 is 1.52 bits per heavy atom. The highest BCUT2D eigenvalue weighted by atomic mass is 32.1. The molecular weight excluding hydrogens is 288 g/mol. The first kappa shape index (κ1) is 14.7. The number of hydrogen-bond donors (Lipinski definition) is 1. The van der Waals surface area contributed by atoms with E-state index in [1.165, 1.54) is 0 Å². The molecule has 2 atom stereocenters. The first-order valence-corrected chi connectivity index (χ1v) is 8.02. The van der Waals surface area contributed by atoms with Crippen molar-refractivity contribution in [2.24, 2.45) is 0 Å². The van der Waals surface area contributed by atoms with E-state index in [-0.39, 0.29) is 12.7 Å². The van der Waals surface area contributed by atoms with Crippen molar-refractivity contribution in [3.8, 4) is 10.8 Å². The van der Waals surface area contributed by atoms with Crippen LogP contribution in [0.1, 0.15) is 18.4 Å². The maximum absolute atomic E-state index is 9.26. The standard InChI is InChI=1S/C15H20N2O3S/c1-10-9-19-12(8-18)6-17(10)7-13-11(2)20-15(16-13)14-4-3-5-21-14/h3-5,10,12,18H,6-9H2,1-2H3. The molecule has 0 bridgehead atoms. The third kappa shape index (κ3) is 3.18. The lowest BCUT2D eigenvalue weighted by molar-refractivity contribution is -0.0809. The number of nitrogens with zero attached hydrogens (tertiary/aromatic N) is 2. The van der Waals surface area contributed by atoms with Gasteiger partial charge in [-0.25, -0.2) is 4.98 Å². The van der Waals surface area contributed by atoms with E-state index >= 15 is 0 Å². The molecule has 0 saturated carbocycles. The predicted octanol–water partition coefficient (Wildman–Crippen LogP) is 2.29. The van der Waals surface area contributed by atoms with Crippen LogP contribution in [-0.4, -0.2) is 46.9 Å². The molecule has 114 valence electrons. The number of thiophene rings is 1. The van der Waals surface area contributed by atoms with Gasteiger partial charge in [-0.1, -0.05) is 6.07 Å². The molecule has 2 aromatic heterocycles. The lowest BCUT2D eigenvalue weighted by Crippen LogP contribution is -2.48. The smallest absolute Gasteiger partial charge is 0.236 e. The Morgan fingerprint density at radius 2 is 2.38 bits per heavy atom. The molecule has 2 unspecified atom stereocenters. The maximum atomic E-state index is 9.26. The summed E-state index contributed by atoms with van der Waals surface area (Å²) >= 11 is 1.63. The quantitative estimate of drug-likeness (QED) is 0.939.